The molecule has 2 aliphatic rings. The topological polar surface area (TPSA) is 44.8 Å². The number of ether oxygens (including phenoxy) is 1. The molecule has 0 aromatic heterocycles. The van der Waals surface area contributed by atoms with Crippen molar-refractivity contribution in [2.45, 2.75) is 12.5 Å². The minimum absolute atomic E-state index is 0.0237. The van der Waals surface area contributed by atoms with Crippen LogP contribution in [0.15, 0.2) is 0 Å². The summed E-state index contributed by atoms with van der Waals surface area (Å²) in [4.78, 5) is 16.2. The molecule has 0 radical (unpaired) electrons. The molecule has 0 aromatic carbocycles. The number of carbonyl (C=O) groups excluding carboxylic acids is 1. The SMILES string of the molecule is C#CCNC(=O)CN1CCC(N2CCOCC2)C1. The second kappa shape index (κ2) is 6.74. The first kappa shape index (κ1) is 13.3. The van der Waals surface area contributed by atoms with Crippen LogP contribution in [0.2, 0.25) is 0 Å². The van der Waals surface area contributed by atoms with Crippen LogP contribution in [0.1, 0.15) is 6.42 Å². The van der Waals surface area contributed by atoms with Crippen molar-refractivity contribution in [2.24, 2.45) is 0 Å². The molecule has 5 heteroatoms. The van der Waals surface area contributed by atoms with Gasteiger partial charge in [-0.1, -0.05) is 5.92 Å². The van der Waals surface area contributed by atoms with Crippen molar-refractivity contribution in [3.63, 3.8) is 0 Å². The Morgan fingerprint density at radius 1 is 1.39 bits per heavy atom. The third kappa shape index (κ3) is 3.70. The number of nitrogens with one attached hydrogen (secondary N) is 1. The van der Waals surface area contributed by atoms with Crippen molar-refractivity contribution in [2.75, 3.05) is 52.5 Å². The molecule has 2 saturated heterocycles. The quantitative estimate of drug-likeness (QED) is 0.661. The lowest BCUT2D eigenvalue weighted by atomic mass is 10.2. The summed E-state index contributed by atoms with van der Waals surface area (Å²) in [6.45, 7) is 6.44. The Kier molecular flexibility index (Phi) is 5.00. The van der Waals surface area contributed by atoms with E-state index in [0.717, 1.165) is 45.8 Å². The predicted octanol–water partition coefficient (Wildman–Crippen LogP) is -0.858. The number of hydrogen-bond donors (Lipinski definition) is 1. The summed E-state index contributed by atoms with van der Waals surface area (Å²) in [6.07, 6.45) is 6.25. The van der Waals surface area contributed by atoms with Gasteiger partial charge in [-0.15, -0.1) is 6.42 Å². The summed E-state index contributed by atoms with van der Waals surface area (Å²) in [5, 5.41) is 2.70. The predicted molar refractivity (Wildman–Crippen MR) is 69.1 cm³/mol. The van der Waals surface area contributed by atoms with Crippen molar-refractivity contribution < 1.29 is 9.53 Å². The Balaban J connectivity index is 1.71. The lowest BCUT2D eigenvalue weighted by molar-refractivity contribution is -0.121. The Morgan fingerprint density at radius 3 is 2.89 bits per heavy atom. The van der Waals surface area contributed by atoms with Gasteiger partial charge in [-0.2, -0.15) is 0 Å². The van der Waals surface area contributed by atoms with E-state index in [1.807, 2.05) is 0 Å². The van der Waals surface area contributed by atoms with E-state index in [0.29, 0.717) is 19.1 Å². The van der Waals surface area contributed by atoms with Crippen LogP contribution >= 0.6 is 0 Å². The minimum atomic E-state index is 0.0237. The van der Waals surface area contributed by atoms with Gasteiger partial charge in [-0.3, -0.25) is 14.6 Å². The summed E-state index contributed by atoms with van der Waals surface area (Å²) < 4.78 is 5.36. The van der Waals surface area contributed by atoms with E-state index in [1.54, 1.807) is 0 Å². The first-order chi connectivity index (χ1) is 8.79. The van der Waals surface area contributed by atoms with Crippen molar-refractivity contribution >= 4 is 5.91 Å². The van der Waals surface area contributed by atoms with Gasteiger partial charge >= 0.3 is 0 Å². The molecule has 0 saturated carbocycles. The molecule has 100 valence electrons. The zero-order chi connectivity index (χ0) is 12.8. The van der Waals surface area contributed by atoms with Crippen LogP contribution in [-0.2, 0) is 9.53 Å². The zero-order valence-corrected chi connectivity index (χ0v) is 10.7. The van der Waals surface area contributed by atoms with E-state index in [9.17, 15) is 4.79 Å². The van der Waals surface area contributed by atoms with Gasteiger partial charge in [0.05, 0.1) is 26.3 Å². The van der Waals surface area contributed by atoms with Gasteiger partial charge in [-0.25, -0.2) is 0 Å². The fourth-order valence-electron chi connectivity index (χ4n) is 2.61. The molecule has 5 nitrogen and oxygen atoms in total. The highest BCUT2D eigenvalue weighted by atomic mass is 16.5. The number of morpholine rings is 1. The van der Waals surface area contributed by atoms with Gasteiger partial charge in [0.2, 0.25) is 5.91 Å². The van der Waals surface area contributed by atoms with E-state index in [-0.39, 0.29) is 5.91 Å². The average Bonchev–Trinajstić information content (AvgIpc) is 2.86. The highest BCUT2D eigenvalue weighted by Gasteiger charge is 2.29. The number of amides is 1. The number of terminal acetylenes is 1. The molecule has 2 fully saturated rings. The molecule has 18 heavy (non-hydrogen) atoms. The largest absolute Gasteiger partial charge is 0.379 e. The van der Waals surface area contributed by atoms with Gasteiger partial charge in [0, 0.05) is 32.2 Å². The molecule has 1 unspecified atom stereocenters. The second-order valence-corrected chi connectivity index (χ2v) is 4.81. The summed E-state index contributed by atoms with van der Waals surface area (Å²) in [5.41, 5.74) is 0. The first-order valence-electron chi connectivity index (χ1n) is 6.54. The smallest absolute Gasteiger partial charge is 0.234 e. The molecule has 2 aliphatic heterocycles. The molecular weight excluding hydrogens is 230 g/mol. The summed E-state index contributed by atoms with van der Waals surface area (Å²) in [6, 6.07) is 0.578. The van der Waals surface area contributed by atoms with Crippen molar-refractivity contribution in [1.29, 1.82) is 0 Å². The average molecular weight is 251 g/mol. The van der Waals surface area contributed by atoms with Crippen LogP contribution in [0.3, 0.4) is 0 Å². The van der Waals surface area contributed by atoms with Gasteiger partial charge in [-0.05, 0) is 6.42 Å². The van der Waals surface area contributed by atoms with Crippen LogP contribution in [0.25, 0.3) is 0 Å². The molecule has 1 atom stereocenters. The zero-order valence-electron chi connectivity index (χ0n) is 10.7. The van der Waals surface area contributed by atoms with Crippen LogP contribution in [0.4, 0.5) is 0 Å². The second-order valence-electron chi connectivity index (χ2n) is 4.81. The number of hydrogen-bond acceptors (Lipinski definition) is 4. The van der Waals surface area contributed by atoms with E-state index < -0.39 is 0 Å². The first-order valence-corrected chi connectivity index (χ1v) is 6.54. The summed E-state index contributed by atoms with van der Waals surface area (Å²) >= 11 is 0. The Labute approximate surface area is 108 Å². The third-order valence-electron chi connectivity index (χ3n) is 3.56. The van der Waals surface area contributed by atoms with Gasteiger partial charge in [0.25, 0.3) is 0 Å². The lowest BCUT2D eigenvalue weighted by Crippen LogP contribution is -2.45. The highest BCUT2D eigenvalue weighted by Crippen LogP contribution is 2.16. The molecular formula is C13H21N3O2. The molecule has 2 heterocycles. The number of rotatable bonds is 4. The normalized spacial score (nSPS) is 25.8. The van der Waals surface area contributed by atoms with Crippen LogP contribution in [0.5, 0.6) is 0 Å². The van der Waals surface area contributed by atoms with E-state index in [1.165, 1.54) is 0 Å². The molecule has 1 amide bonds. The molecule has 0 aromatic rings. The summed E-state index contributed by atoms with van der Waals surface area (Å²) in [7, 11) is 0. The maximum absolute atomic E-state index is 11.6. The van der Waals surface area contributed by atoms with Crippen molar-refractivity contribution in [1.82, 2.24) is 15.1 Å². The van der Waals surface area contributed by atoms with Crippen LogP contribution in [-0.4, -0.2) is 74.2 Å². The molecule has 0 bridgehead atoms. The Morgan fingerprint density at radius 2 is 2.17 bits per heavy atom. The standard InChI is InChI=1S/C13H21N3O2/c1-2-4-14-13(17)11-15-5-3-12(10-15)16-6-8-18-9-7-16/h1,12H,3-11H2,(H,14,17). The van der Waals surface area contributed by atoms with Gasteiger partial charge in [0.15, 0.2) is 0 Å². The van der Waals surface area contributed by atoms with Gasteiger partial charge < -0.3 is 10.1 Å². The fourth-order valence-corrected chi connectivity index (χ4v) is 2.61. The fraction of sp³-hybridized carbons (Fsp3) is 0.769. The summed E-state index contributed by atoms with van der Waals surface area (Å²) in [5.74, 6) is 2.44. The minimum Gasteiger partial charge on any atom is -0.379 e. The molecule has 1 N–H and O–H groups in total. The molecule has 0 aliphatic carbocycles. The monoisotopic (exact) mass is 251 g/mol. The Bertz CT molecular complexity index is 321. The highest BCUT2D eigenvalue weighted by molar-refractivity contribution is 5.78. The maximum Gasteiger partial charge on any atom is 0.234 e. The Hall–Kier alpha value is -1.09. The molecule has 2 rings (SSSR count). The number of nitrogens with zero attached hydrogens (tertiary/aromatic N) is 2. The van der Waals surface area contributed by atoms with E-state index in [4.69, 9.17) is 11.2 Å². The number of carbonyl (C=O) groups is 1. The van der Waals surface area contributed by atoms with E-state index in [2.05, 4.69) is 21.0 Å². The van der Waals surface area contributed by atoms with E-state index >= 15 is 0 Å². The van der Waals surface area contributed by atoms with Crippen LogP contribution < -0.4 is 5.32 Å². The third-order valence-corrected chi connectivity index (χ3v) is 3.56. The van der Waals surface area contributed by atoms with Crippen molar-refractivity contribution in [3.05, 3.63) is 0 Å². The maximum atomic E-state index is 11.6. The van der Waals surface area contributed by atoms with Gasteiger partial charge in [0.1, 0.15) is 0 Å². The van der Waals surface area contributed by atoms with Crippen LogP contribution in [0, 0.1) is 12.3 Å². The molecule has 0 spiro atoms. The number of likely N-dealkylation sites (tertiary alicyclic amines) is 1. The van der Waals surface area contributed by atoms with Crippen molar-refractivity contribution in [3.8, 4) is 12.3 Å². The lowest BCUT2D eigenvalue weighted by Gasteiger charge is -2.32.